The lowest BCUT2D eigenvalue weighted by Crippen LogP contribution is -2.47. The van der Waals surface area contributed by atoms with Gasteiger partial charge in [0.05, 0.1) is 5.92 Å². The molecule has 2 fully saturated rings. The van der Waals surface area contributed by atoms with Crippen LogP contribution in [0.15, 0.2) is 0 Å². The highest BCUT2D eigenvalue weighted by Gasteiger charge is 2.37. The van der Waals surface area contributed by atoms with Gasteiger partial charge < -0.3 is 10.2 Å². The Morgan fingerprint density at radius 2 is 2.00 bits per heavy atom. The van der Waals surface area contributed by atoms with Crippen molar-refractivity contribution in [3.05, 3.63) is 0 Å². The van der Waals surface area contributed by atoms with Gasteiger partial charge in [0.15, 0.2) is 0 Å². The zero-order chi connectivity index (χ0) is 13.3. The van der Waals surface area contributed by atoms with Crippen LogP contribution < -0.4 is 5.32 Å². The van der Waals surface area contributed by atoms with E-state index < -0.39 is 0 Å². The van der Waals surface area contributed by atoms with Crippen LogP contribution in [0.4, 0.5) is 0 Å². The number of piperidine rings is 1. The molecular weight excluding hydrogens is 224 g/mol. The monoisotopic (exact) mass is 252 g/mol. The molecule has 0 aromatic heterocycles. The number of hydrogen-bond acceptors (Lipinski definition) is 2. The van der Waals surface area contributed by atoms with Crippen molar-refractivity contribution < 1.29 is 4.79 Å². The first kappa shape index (κ1) is 13.9. The molecule has 0 aliphatic carbocycles. The van der Waals surface area contributed by atoms with Crippen LogP contribution in [0, 0.1) is 17.3 Å². The first-order valence-corrected chi connectivity index (χ1v) is 7.42. The molecule has 2 aliphatic rings. The fraction of sp³-hybridized carbons (Fsp3) is 0.933. The quantitative estimate of drug-likeness (QED) is 0.776. The van der Waals surface area contributed by atoms with Crippen molar-refractivity contribution in [1.29, 1.82) is 0 Å². The van der Waals surface area contributed by atoms with Crippen LogP contribution in [0.3, 0.4) is 0 Å². The third-order valence-corrected chi connectivity index (χ3v) is 4.80. The van der Waals surface area contributed by atoms with Crippen LogP contribution in [0.25, 0.3) is 0 Å². The predicted molar refractivity (Wildman–Crippen MR) is 74.3 cm³/mol. The van der Waals surface area contributed by atoms with Crippen molar-refractivity contribution in [2.75, 3.05) is 19.6 Å². The fourth-order valence-electron chi connectivity index (χ4n) is 3.28. The van der Waals surface area contributed by atoms with Gasteiger partial charge in [-0.1, -0.05) is 20.8 Å². The Kier molecular flexibility index (Phi) is 4.00. The standard InChI is InChI=1S/C15H28N2O/c1-11-13(6-5-8-16-11)14(18)17-9-7-12(10-17)15(2,3)4/h11-13,16H,5-10H2,1-4H3. The number of carbonyl (C=O) groups excluding carboxylic acids is 1. The predicted octanol–water partition coefficient (Wildman–Crippen LogP) is 2.27. The molecule has 2 aliphatic heterocycles. The van der Waals surface area contributed by atoms with Gasteiger partial charge in [-0.15, -0.1) is 0 Å². The highest BCUT2D eigenvalue weighted by molar-refractivity contribution is 5.80. The van der Waals surface area contributed by atoms with Crippen molar-refractivity contribution in [2.24, 2.45) is 17.3 Å². The molecular formula is C15H28N2O. The molecule has 2 heterocycles. The summed E-state index contributed by atoms with van der Waals surface area (Å²) in [5.74, 6) is 1.26. The number of rotatable bonds is 1. The fourth-order valence-corrected chi connectivity index (χ4v) is 3.28. The average Bonchev–Trinajstić information content (AvgIpc) is 2.77. The lowest BCUT2D eigenvalue weighted by Gasteiger charge is -2.33. The molecule has 104 valence electrons. The first-order chi connectivity index (χ1) is 8.39. The molecule has 0 aromatic carbocycles. The van der Waals surface area contributed by atoms with E-state index in [0.29, 0.717) is 23.3 Å². The zero-order valence-corrected chi connectivity index (χ0v) is 12.3. The molecule has 3 nitrogen and oxygen atoms in total. The molecule has 2 rings (SSSR count). The third-order valence-electron chi connectivity index (χ3n) is 4.80. The molecule has 18 heavy (non-hydrogen) atoms. The molecule has 0 radical (unpaired) electrons. The smallest absolute Gasteiger partial charge is 0.227 e. The minimum atomic E-state index is 0.206. The minimum absolute atomic E-state index is 0.206. The second-order valence-corrected chi connectivity index (χ2v) is 7.13. The van der Waals surface area contributed by atoms with Gasteiger partial charge >= 0.3 is 0 Å². The molecule has 1 amide bonds. The van der Waals surface area contributed by atoms with Gasteiger partial charge in [-0.25, -0.2) is 0 Å². The maximum Gasteiger partial charge on any atom is 0.227 e. The van der Waals surface area contributed by atoms with Gasteiger partial charge in [0.1, 0.15) is 0 Å². The Morgan fingerprint density at radius 1 is 1.28 bits per heavy atom. The first-order valence-electron chi connectivity index (χ1n) is 7.42. The third kappa shape index (κ3) is 2.87. The summed E-state index contributed by atoms with van der Waals surface area (Å²) >= 11 is 0. The van der Waals surface area contributed by atoms with Crippen molar-refractivity contribution in [3.8, 4) is 0 Å². The van der Waals surface area contributed by atoms with E-state index in [0.717, 1.165) is 32.5 Å². The summed E-state index contributed by atoms with van der Waals surface area (Å²) in [6.45, 7) is 12.0. The SMILES string of the molecule is CC1NCCCC1C(=O)N1CCC(C(C)(C)C)C1. The van der Waals surface area contributed by atoms with E-state index in [1.54, 1.807) is 0 Å². The highest BCUT2D eigenvalue weighted by Crippen LogP contribution is 2.34. The topological polar surface area (TPSA) is 32.3 Å². The summed E-state index contributed by atoms with van der Waals surface area (Å²) in [5, 5.41) is 3.43. The van der Waals surface area contributed by atoms with E-state index in [1.807, 2.05) is 0 Å². The Bertz CT molecular complexity index is 308. The van der Waals surface area contributed by atoms with Crippen LogP contribution >= 0.6 is 0 Å². The van der Waals surface area contributed by atoms with E-state index in [-0.39, 0.29) is 5.92 Å². The van der Waals surface area contributed by atoms with Gasteiger partial charge in [0, 0.05) is 19.1 Å². The van der Waals surface area contributed by atoms with Crippen molar-refractivity contribution in [2.45, 2.75) is 53.0 Å². The average molecular weight is 252 g/mol. The molecule has 3 unspecified atom stereocenters. The van der Waals surface area contributed by atoms with Gasteiger partial charge in [-0.3, -0.25) is 4.79 Å². The summed E-state index contributed by atoms with van der Waals surface area (Å²) in [6.07, 6.45) is 3.37. The van der Waals surface area contributed by atoms with Gasteiger partial charge in [-0.05, 0) is 44.1 Å². The summed E-state index contributed by atoms with van der Waals surface area (Å²) < 4.78 is 0. The number of nitrogens with zero attached hydrogens (tertiary/aromatic N) is 1. The molecule has 3 heteroatoms. The zero-order valence-electron chi connectivity index (χ0n) is 12.3. The highest BCUT2D eigenvalue weighted by atomic mass is 16.2. The van der Waals surface area contributed by atoms with E-state index in [1.165, 1.54) is 6.42 Å². The van der Waals surface area contributed by atoms with Crippen molar-refractivity contribution in [1.82, 2.24) is 10.2 Å². The molecule has 2 saturated heterocycles. The molecule has 0 bridgehead atoms. The number of likely N-dealkylation sites (tertiary alicyclic amines) is 1. The summed E-state index contributed by atoms with van der Waals surface area (Å²) in [7, 11) is 0. The largest absolute Gasteiger partial charge is 0.342 e. The maximum atomic E-state index is 12.6. The number of nitrogens with one attached hydrogen (secondary N) is 1. The number of carbonyl (C=O) groups is 1. The summed E-state index contributed by atoms with van der Waals surface area (Å²) in [5.41, 5.74) is 0.325. The lowest BCUT2D eigenvalue weighted by molar-refractivity contribution is -0.136. The molecule has 0 aromatic rings. The molecule has 1 N–H and O–H groups in total. The second-order valence-electron chi connectivity index (χ2n) is 7.13. The maximum absolute atomic E-state index is 12.6. The van der Waals surface area contributed by atoms with Gasteiger partial charge in [-0.2, -0.15) is 0 Å². The Morgan fingerprint density at radius 3 is 2.56 bits per heavy atom. The minimum Gasteiger partial charge on any atom is -0.342 e. The number of amides is 1. The number of hydrogen-bond donors (Lipinski definition) is 1. The van der Waals surface area contributed by atoms with Crippen LogP contribution in [0.1, 0.15) is 47.0 Å². The van der Waals surface area contributed by atoms with Crippen LogP contribution in [0.5, 0.6) is 0 Å². The van der Waals surface area contributed by atoms with Crippen LogP contribution in [-0.4, -0.2) is 36.5 Å². The van der Waals surface area contributed by atoms with Crippen LogP contribution in [-0.2, 0) is 4.79 Å². The van der Waals surface area contributed by atoms with E-state index in [9.17, 15) is 4.79 Å². The van der Waals surface area contributed by atoms with E-state index >= 15 is 0 Å². The Labute approximate surface area is 111 Å². The summed E-state index contributed by atoms with van der Waals surface area (Å²) in [6, 6.07) is 0.347. The Hall–Kier alpha value is -0.570. The van der Waals surface area contributed by atoms with Gasteiger partial charge in [0.25, 0.3) is 0 Å². The lowest BCUT2D eigenvalue weighted by atomic mass is 9.80. The molecule has 3 atom stereocenters. The van der Waals surface area contributed by atoms with Crippen LogP contribution in [0.2, 0.25) is 0 Å². The van der Waals surface area contributed by atoms with Crippen molar-refractivity contribution in [3.63, 3.8) is 0 Å². The summed E-state index contributed by atoms with van der Waals surface area (Å²) in [4.78, 5) is 14.7. The molecule has 0 saturated carbocycles. The van der Waals surface area contributed by atoms with Crippen molar-refractivity contribution >= 4 is 5.91 Å². The second kappa shape index (κ2) is 5.20. The van der Waals surface area contributed by atoms with Gasteiger partial charge in [0.2, 0.25) is 5.91 Å². The Balaban J connectivity index is 1.94. The van der Waals surface area contributed by atoms with E-state index in [4.69, 9.17) is 0 Å². The normalized spacial score (nSPS) is 33.8. The van der Waals surface area contributed by atoms with E-state index in [2.05, 4.69) is 37.9 Å². The molecule has 0 spiro atoms.